The summed E-state index contributed by atoms with van der Waals surface area (Å²) in [4.78, 5) is 4.18. The van der Waals surface area contributed by atoms with Crippen molar-refractivity contribution in [3.63, 3.8) is 0 Å². The number of para-hydroxylation sites is 1. The van der Waals surface area contributed by atoms with Crippen molar-refractivity contribution >= 4 is 16.9 Å². The minimum atomic E-state index is 0.196. The number of benzene rings is 1. The molecule has 2 rings (SSSR count). The molecule has 0 saturated heterocycles. The molecule has 1 atom stereocenters. The maximum absolute atomic E-state index is 5.75. The van der Waals surface area contributed by atoms with Gasteiger partial charge in [0.2, 0.25) is 0 Å². The first-order valence-corrected chi connectivity index (χ1v) is 6.66. The monoisotopic (exact) mass is 275 g/mol. The van der Waals surface area contributed by atoms with Crippen LogP contribution in [0.2, 0.25) is 0 Å². The number of nitrogens with zero attached hydrogens (tertiary/aromatic N) is 1. The maximum Gasteiger partial charge on any atom is 0.191 e. The molecule has 0 bridgehead atoms. The smallest absolute Gasteiger partial charge is 0.191 e. The molecule has 1 heterocycles. The molecule has 1 aromatic heterocycles. The van der Waals surface area contributed by atoms with Crippen molar-refractivity contribution in [2.75, 3.05) is 20.8 Å². The largest absolute Gasteiger partial charge is 0.459 e. The molecule has 0 fully saturated rings. The number of hydrogen-bond acceptors (Lipinski definition) is 3. The molecule has 0 aliphatic carbocycles. The molecule has 0 spiro atoms. The Hall–Kier alpha value is -2.01. The van der Waals surface area contributed by atoms with E-state index in [0.717, 1.165) is 22.7 Å². The minimum Gasteiger partial charge on any atom is -0.459 e. The molecule has 5 heteroatoms. The molecular weight excluding hydrogens is 254 g/mol. The Labute approximate surface area is 119 Å². The Morgan fingerprint density at radius 2 is 2.20 bits per heavy atom. The van der Waals surface area contributed by atoms with Crippen LogP contribution in [-0.2, 0) is 11.3 Å². The van der Waals surface area contributed by atoms with Crippen LogP contribution < -0.4 is 10.6 Å². The van der Waals surface area contributed by atoms with Crippen LogP contribution in [0.4, 0.5) is 0 Å². The number of guanidine groups is 1. The molecule has 2 N–H and O–H groups in total. The van der Waals surface area contributed by atoms with E-state index in [9.17, 15) is 0 Å². The summed E-state index contributed by atoms with van der Waals surface area (Å²) >= 11 is 0. The van der Waals surface area contributed by atoms with Crippen molar-refractivity contribution in [1.29, 1.82) is 0 Å². The van der Waals surface area contributed by atoms with Crippen molar-refractivity contribution in [3.8, 4) is 0 Å². The Bertz CT molecular complexity index is 544. The topological polar surface area (TPSA) is 58.8 Å². The molecule has 0 saturated carbocycles. The van der Waals surface area contributed by atoms with Gasteiger partial charge in [-0.2, -0.15) is 0 Å². The molecular formula is C15H21N3O2. The summed E-state index contributed by atoms with van der Waals surface area (Å²) in [6.45, 7) is 3.26. The van der Waals surface area contributed by atoms with Crippen LogP contribution in [0.25, 0.3) is 11.0 Å². The second-order valence-electron chi connectivity index (χ2n) is 4.68. The summed E-state index contributed by atoms with van der Waals surface area (Å²) in [6.07, 6.45) is 0. The van der Waals surface area contributed by atoms with Crippen LogP contribution >= 0.6 is 0 Å². The Balaban J connectivity index is 1.92. The van der Waals surface area contributed by atoms with Crippen LogP contribution in [0.15, 0.2) is 39.7 Å². The van der Waals surface area contributed by atoms with Crippen molar-refractivity contribution in [3.05, 3.63) is 36.1 Å². The van der Waals surface area contributed by atoms with Crippen LogP contribution in [0.3, 0.4) is 0 Å². The van der Waals surface area contributed by atoms with Crippen LogP contribution in [-0.4, -0.2) is 32.8 Å². The Morgan fingerprint density at radius 3 is 2.90 bits per heavy atom. The van der Waals surface area contributed by atoms with Crippen LogP contribution in [0, 0.1) is 0 Å². The number of methoxy groups -OCH3 is 1. The predicted octanol–water partition coefficient (Wildman–Crippen LogP) is 2.13. The Morgan fingerprint density at radius 1 is 1.40 bits per heavy atom. The van der Waals surface area contributed by atoms with Crippen molar-refractivity contribution in [2.45, 2.75) is 19.5 Å². The van der Waals surface area contributed by atoms with Crippen LogP contribution in [0.5, 0.6) is 0 Å². The van der Waals surface area contributed by atoms with Gasteiger partial charge in [-0.05, 0) is 19.1 Å². The molecule has 108 valence electrons. The van der Waals surface area contributed by atoms with Gasteiger partial charge in [0.05, 0.1) is 13.2 Å². The van der Waals surface area contributed by atoms with Gasteiger partial charge in [0.1, 0.15) is 11.3 Å². The lowest BCUT2D eigenvalue weighted by Gasteiger charge is -2.16. The molecule has 0 radical (unpaired) electrons. The van der Waals surface area contributed by atoms with E-state index in [1.54, 1.807) is 14.2 Å². The highest BCUT2D eigenvalue weighted by Crippen LogP contribution is 2.18. The lowest BCUT2D eigenvalue weighted by molar-refractivity contribution is 0.179. The summed E-state index contributed by atoms with van der Waals surface area (Å²) in [5.74, 6) is 1.61. The molecule has 1 aromatic carbocycles. The van der Waals surface area contributed by atoms with Gasteiger partial charge in [0.25, 0.3) is 0 Å². The van der Waals surface area contributed by atoms with Gasteiger partial charge in [-0.15, -0.1) is 0 Å². The third-order valence-electron chi connectivity index (χ3n) is 2.93. The van der Waals surface area contributed by atoms with E-state index in [2.05, 4.69) is 15.6 Å². The Kier molecular flexibility index (Phi) is 5.01. The summed E-state index contributed by atoms with van der Waals surface area (Å²) in [5.41, 5.74) is 0.903. The highest BCUT2D eigenvalue weighted by atomic mass is 16.5. The lowest BCUT2D eigenvalue weighted by Crippen LogP contribution is -2.43. The SMILES string of the molecule is CN=C(NCc1cc2ccccc2o1)NC(C)COC. The average Bonchev–Trinajstić information content (AvgIpc) is 2.86. The maximum atomic E-state index is 5.75. The van der Waals surface area contributed by atoms with E-state index in [-0.39, 0.29) is 6.04 Å². The van der Waals surface area contributed by atoms with Gasteiger partial charge >= 0.3 is 0 Å². The van der Waals surface area contributed by atoms with Gasteiger partial charge in [0, 0.05) is 25.6 Å². The number of ether oxygens (including phenoxy) is 1. The highest BCUT2D eigenvalue weighted by molar-refractivity contribution is 5.80. The molecule has 0 aliphatic rings. The van der Waals surface area contributed by atoms with Gasteiger partial charge in [0.15, 0.2) is 5.96 Å². The van der Waals surface area contributed by atoms with Gasteiger partial charge in [-0.3, -0.25) is 4.99 Å². The predicted molar refractivity (Wildman–Crippen MR) is 80.9 cm³/mol. The molecule has 0 aliphatic heterocycles. The highest BCUT2D eigenvalue weighted by Gasteiger charge is 2.06. The van der Waals surface area contributed by atoms with Crippen molar-refractivity contribution < 1.29 is 9.15 Å². The quantitative estimate of drug-likeness (QED) is 0.648. The number of fused-ring (bicyclic) bond motifs is 1. The van der Waals surface area contributed by atoms with E-state index in [1.807, 2.05) is 37.3 Å². The van der Waals surface area contributed by atoms with Gasteiger partial charge in [-0.1, -0.05) is 18.2 Å². The first-order chi connectivity index (χ1) is 9.72. The summed E-state index contributed by atoms with van der Waals surface area (Å²) in [5, 5.41) is 7.58. The van der Waals surface area contributed by atoms with Crippen LogP contribution in [0.1, 0.15) is 12.7 Å². The number of hydrogen-bond donors (Lipinski definition) is 2. The number of nitrogens with one attached hydrogen (secondary N) is 2. The van der Waals surface area contributed by atoms with Gasteiger partial charge in [-0.25, -0.2) is 0 Å². The average molecular weight is 275 g/mol. The zero-order valence-corrected chi connectivity index (χ0v) is 12.1. The fraction of sp³-hybridized carbons (Fsp3) is 0.400. The molecule has 5 nitrogen and oxygen atoms in total. The van der Waals surface area contributed by atoms with Crippen molar-refractivity contribution in [2.24, 2.45) is 4.99 Å². The standard InChI is InChI=1S/C15H21N3O2/c1-11(10-19-3)18-15(16-2)17-9-13-8-12-6-4-5-7-14(12)20-13/h4-8,11H,9-10H2,1-3H3,(H2,16,17,18). The van der Waals surface area contributed by atoms with E-state index in [0.29, 0.717) is 13.2 Å². The number of aliphatic imine (C=N–C) groups is 1. The van der Waals surface area contributed by atoms with E-state index in [1.165, 1.54) is 0 Å². The minimum absolute atomic E-state index is 0.196. The molecule has 0 amide bonds. The molecule has 1 unspecified atom stereocenters. The number of rotatable bonds is 5. The summed E-state index contributed by atoms with van der Waals surface area (Å²) in [6, 6.07) is 10.2. The van der Waals surface area contributed by atoms with Crippen molar-refractivity contribution in [1.82, 2.24) is 10.6 Å². The fourth-order valence-corrected chi connectivity index (χ4v) is 2.01. The number of furan rings is 1. The zero-order valence-electron chi connectivity index (χ0n) is 12.1. The third-order valence-corrected chi connectivity index (χ3v) is 2.93. The molecule has 20 heavy (non-hydrogen) atoms. The summed E-state index contributed by atoms with van der Waals surface area (Å²) < 4.78 is 10.8. The fourth-order valence-electron chi connectivity index (χ4n) is 2.01. The van der Waals surface area contributed by atoms with E-state index >= 15 is 0 Å². The third kappa shape index (κ3) is 3.74. The molecule has 2 aromatic rings. The summed E-state index contributed by atoms with van der Waals surface area (Å²) in [7, 11) is 3.43. The first kappa shape index (κ1) is 14.4. The normalized spacial score (nSPS) is 13.4. The van der Waals surface area contributed by atoms with E-state index < -0.39 is 0 Å². The van der Waals surface area contributed by atoms with E-state index in [4.69, 9.17) is 9.15 Å². The second-order valence-corrected chi connectivity index (χ2v) is 4.68. The van der Waals surface area contributed by atoms with Gasteiger partial charge < -0.3 is 19.8 Å². The lowest BCUT2D eigenvalue weighted by atomic mass is 10.2. The zero-order chi connectivity index (χ0) is 14.4. The second kappa shape index (κ2) is 6.96. The first-order valence-electron chi connectivity index (χ1n) is 6.66.